The average Bonchev–Trinajstić information content (AvgIpc) is 3.03. The van der Waals surface area contributed by atoms with E-state index in [4.69, 9.17) is 37.9 Å². The summed E-state index contributed by atoms with van der Waals surface area (Å²) in [7, 11) is 12.6. The number of methoxy groups -OCH3 is 8. The summed E-state index contributed by atoms with van der Waals surface area (Å²) in [4.78, 5) is 8.62. The van der Waals surface area contributed by atoms with Crippen molar-refractivity contribution in [3.05, 3.63) is 60.9 Å². The first-order valence-corrected chi connectivity index (χ1v) is 11.9. The van der Waals surface area contributed by atoms with Gasteiger partial charge in [-0.05, 0) is 35.7 Å². The van der Waals surface area contributed by atoms with Gasteiger partial charge in [-0.3, -0.25) is 0 Å². The molecule has 0 N–H and O–H groups in total. The van der Waals surface area contributed by atoms with E-state index in [1.54, 1.807) is 106 Å². The predicted octanol–water partition coefficient (Wildman–Crippen LogP) is 5.16. The second-order valence-corrected chi connectivity index (χ2v) is 7.76. The molecule has 0 fully saturated rings. The summed E-state index contributed by atoms with van der Waals surface area (Å²) in [6.45, 7) is 0. The molecule has 0 aliphatic rings. The van der Waals surface area contributed by atoms with Crippen molar-refractivity contribution in [1.29, 1.82) is 0 Å². The molecule has 0 radical (unpaired) electrons. The van der Waals surface area contributed by atoms with Gasteiger partial charge in [-0.25, -0.2) is 0 Å². The second kappa shape index (κ2) is 16.2. The van der Waals surface area contributed by atoms with Crippen LogP contribution >= 0.6 is 0 Å². The number of rotatable bonds is 10. The standard InChI is InChI=1S/2C15H16NO4.Pt/c2*1-17-10-7-8-16-12(9-10)11-5-6-13(18-2)15(20-4)14(11)19-3;/h2*6-9H,1-4H3;/q2*-1;+2. The molecule has 220 valence electrons. The number of benzene rings is 2. The summed E-state index contributed by atoms with van der Waals surface area (Å²) >= 11 is 0. The van der Waals surface area contributed by atoms with Crippen molar-refractivity contribution in [2.24, 2.45) is 0 Å². The summed E-state index contributed by atoms with van der Waals surface area (Å²) in [5.74, 6) is 4.58. The van der Waals surface area contributed by atoms with Gasteiger partial charge >= 0.3 is 21.1 Å². The van der Waals surface area contributed by atoms with E-state index < -0.39 is 0 Å². The maximum atomic E-state index is 5.42. The molecule has 10 nitrogen and oxygen atoms in total. The van der Waals surface area contributed by atoms with Gasteiger partial charge in [0.05, 0.1) is 79.9 Å². The van der Waals surface area contributed by atoms with Gasteiger partial charge in [0.2, 0.25) is 0 Å². The van der Waals surface area contributed by atoms with E-state index in [0.717, 1.165) is 0 Å². The molecule has 0 spiro atoms. The van der Waals surface area contributed by atoms with E-state index in [0.29, 0.717) is 68.5 Å². The maximum Gasteiger partial charge on any atom is 2.00 e. The molecule has 0 aliphatic heterocycles. The van der Waals surface area contributed by atoms with Crippen molar-refractivity contribution in [1.82, 2.24) is 9.97 Å². The predicted molar refractivity (Wildman–Crippen MR) is 149 cm³/mol. The summed E-state index contributed by atoms with van der Waals surface area (Å²) in [5, 5.41) is 0. The fourth-order valence-corrected chi connectivity index (χ4v) is 3.80. The number of hydrogen-bond acceptors (Lipinski definition) is 10. The first-order chi connectivity index (χ1) is 19.5. The Bertz CT molecular complexity index is 1310. The quantitative estimate of drug-likeness (QED) is 0.203. The van der Waals surface area contributed by atoms with Gasteiger partial charge in [0, 0.05) is 12.4 Å². The van der Waals surface area contributed by atoms with Crippen LogP contribution in [0.2, 0.25) is 0 Å². The first kappa shape index (κ1) is 33.0. The van der Waals surface area contributed by atoms with E-state index >= 15 is 0 Å². The van der Waals surface area contributed by atoms with Crippen LogP contribution in [-0.2, 0) is 21.1 Å². The fourth-order valence-electron chi connectivity index (χ4n) is 3.80. The van der Waals surface area contributed by atoms with Gasteiger partial charge in [0.15, 0.2) is 0 Å². The first-order valence-electron chi connectivity index (χ1n) is 11.9. The van der Waals surface area contributed by atoms with Gasteiger partial charge in [0.25, 0.3) is 0 Å². The van der Waals surface area contributed by atoms with Crippen LogP contribution in [0.25, 0.3) is 22.5 Å². The summed E-state index contributed by atoms with van der Waals surface area (Å²) in [6, 6.07) is 16.7. The maximum absolute atomic E-state index is 5.42. The molecule has 0 aliphatic carbocycles. The molecule has 11 heteroatoms. The van der Waals surface area contributed by atoms with E-state index in [1.807, 2.05) is 0 Å². The Balaban J connectivity index is 0.000000280. The summed E-state index contributed by atoms with van der Waals surface area (Å²) in [6.07, 6.45) is 3.33. The van der Waals surface area contributed by atoms with Crippen LogP contribution in [0.4, 0.5) is 0 Å². The van der Waals surface area contributed by atoms with Crippen molar-refractivity contribution in [3.8, 4) is 68.5 Å². The smallest absolute Gasteiger partial charge is 0.536 e. The minimum atomic E-state index is 0. The molecule has 2 aromatic heterocycles. The molecule has 0 amide bonds. The third-order valence-electron chi connectivity index (χ3n) is 5.71. The third kappa shape index (κ3) is 7.52. The number of pyridine rings is 2. The molecule has 41 heavy (non-hydrogen) atoms. The number of ether oxygens (including phenoxy) is 8. The minimum Gasteiger partial charge on any atom is -0.536 e. The molecule has 0 bridgehead atoms. The van der Waals surface area contributed by atoms with Crippen molar-refractivity contribution in [2.45, 2.75) is 0 Å². The van der Waals surface area contributed by atoms with Crippen molar-refractivity contribution in [2.75, 3.05) is 56.9 Å². The van der Waals surface area contributed by atoms with Gasteiger partial charge in [-0.2, -0.15) is 0 Å². The fraction of sp³-hybridized carbons (Fsp3) is 0.267. The summed E-state index contributed by atoms with van der Waals surface area (Å²) in [5.41, 5.74) is 2.73. The third-order valence-corrected chi connectivity index (χ3v) is 5.71. The van der Waals surface area contributed by atoms with Crippen LogP contribution in [0.5, 0.6) is 46.0 Å². The van der Waals surface area contributed by atoms with Crippen LogP contribution in [0, 0.1) is 12.1 Å². The zero-order chi connectivity index (χ0) is 29.1. The van der Waals surface area contributed by atoms with Gasteiger partial charge < -0.3 is 47.9 Å². The Hall–Kier alpha value is -4.17. The van der Waals surface area contributed by atoms with Crippen molar-refractivity contribution in [3.63, 3.8) is 0 Å². The topological polar surface area (TPSA) is 99.6 Å². The van der Waals surface area contributed by atoms with E-state index in [-0.39, 0.29) is 21.1 Å². The molecule has 0 saturated heterocycles. The molecule has 2 heterocycles. The van der Waals surface area contributed by atoms with E-state index in [9.17, 15) is 0 Å². The van der Waals surface area contributed by atoms with Crippen LogP contribution in [-0.4, -0.2) is 66.8 Å². The molecule has 4 rings (SSSR count). The molecule has 0 unspecified atom stereocenters. The number of nitrogens with zero attached hydrogens (tertiary/aromatic N) is 2. The van der Waals surface area contributed by atoms with Crippen molar-refractivity contribution < 1.29 is 59.0 Å². The van der Waals surface area contributed by atoms with Crippen LogP contribution in [0.15, 0.2) is 48.8 Å². The van der Waals surface area contributed by atoms with Gasteiger partial charge in [-0.15, -0.1) is 24.3 Å². The molecule has 0 saturated carbocycles. The SMILES string of the molecule is COc1ccnc(-c2[c-]cc(OC)c(OC)c2OC)c1.COc1ccnc(-c2[c-]cc(OC)c(OC)c2OC)c1.[Pt+2]. The number of aromatic nitrogens is 2. The Morgan fingerprint density at radius 3 is 1.15 bits per heavy atom. The monoisotopic (exact) mass is 743 g/mol. The Labute approximate surface area is 254 Å². The van der Waals surface area contributed by atoms with Crippen LogP contribution in [0.1, 0.15) is 0 Å². The summed E-state index contributed by atoms with van der Waals surface area (Å²) < 4.78 is 42.4. The minimum absolute atomic E-state index is 0. The second-order valence-electron chi connectivity index (χ2n) is 7.76. The number of hydrogen-bond donors (Lipinski definition) is 0. The zero-order valence-corrected chi connectivity index (χ0v) is 26.4. The normalized spacial score (nSPS) is 9.76. The average molecular weight is 744 g/mol. The van der Waals surface area contributed by atoms with Gasteiger partial charge in [0.1, 0.15) is 23.0 Å². The van der Waals surface area contributed by atoms with Gasteiger partial charge in [-0.1, -0.05) is 11.1 Å². The van der Waals surface area contributed by atoms with Crippen LogP contribution < -0.4 is 37.9 Å². The Morgan fingerprint density at radius 2 is 0.854 bits per heavy atom. The van der Waals surface area contributed by atoms with E-state index in [1.165, 1.54) is 0 Å². The zero-order valence-electron chi connectivity index (χ0n) is 24.1. The van der Waals surface area contributed by atoms with Crippen LogP contribution in [0.3, 0.4) is 0 Å². The largest absolute Gasteiger partial charge is 2.00 e. The Kier molecular flexibility index (Phi) is 13.0. The molecular weight excluding hydrogens is 711 g/mol. The molecule has 0 atom stereocenters. The molecule has 2 aromatic carbocycles. The molecular formula is C30H32N2O8Pt. The van der Waals surface area contributed by atoms with E-state index in [2.05, 4.69) is 22.1 Å². The Morgan fingerprint density at radius 1 is 0.488 bits per heavy atom. The molecule has 4 aromatic rings. The van der Waals surface area contributed by atoms with Crippen molar-refractivity contribution >= 4 is 0 Å².